The molecule has 1 aromatic heterocycles. The summed E-state index contributed by atoms with van der Waals surface area (Å²) in [5.41, 5.74) is -0.465. The van der Waals surface area contributed by atoms with E-state index in [4.69, 9.17) is 21.1 Å². The van der Waals surface area contributed by atoms with E-state index in [1.807, 2.05) is 20.8 Å². The van der Waals surface area contributed by atoms with Gasteiger partial charge in [-0.25, -0.2) is 9.78 Å². The third kappa shape index (κ3) is 5.02. The van der Waals surface area contributed by atoms with Gasteiger partial charge in [0.2, 0.25) is 0 Å². The molecule has 2 heterocycles. The van der Waals surface area contributed by atoms with Crippen molar-refractivity contribution in [3.05, 3.63) is 21.9 Å². The number of hydrogen-bond donors (Lipinski definition) is 0. The molecular formula is C15H20BrClN2O3. The van der Waals surface area contributed by atoms with Crippen LogP contribution in [-0.4, -0.2) is 41.3 Å². The number of halogens is 2. The predicted octanol–water partition coefficient (Wildman–Crippen LogP) is 4.13. The van der Waals surface area contributed by atoms with Gasteiger partial charge < -0.3 is 14.4 Å². The minimum absolute atomic E-state index is 0.258. The van der Waals surface area contributed by atoms with E-state index in [2.05, 4.69) is 20.9 Å². The molecule has 0 aromatic carbocycles. The molecule has 0 N–H and O–H groups in total. The lowest BCUT2D eigenvalue weighted by Gasteiger charge is -2.24. The fourth-order valence-corrected chi connectivity index (χ4v) is 2.59. The lowest BCUT2D eigenvalue weighted by atomic mass is 10.1. The maximum Gasteiger partial charge on any atom is 0.410 e. The molecule has 1 saturated heterocycles. The van der Waals surface area contributed by atoms with E-state index < -0.39 is 5.60 Å². The first kappa shape index (κ1) is 17.3. The average molecular weight is 392 g/mol. The Labute approximate surface area is 144 Å². The van der Waals surface area contributed by atoms with Crippen LogP contribution in [0.15, 0.2) is 16.7 Å². The van der Waals surface area contributed by atoms with Crippen LogP contribution in [0, 0.1) is 5.92 Å². The first-order chi connectivity index (χ1) is 10.2. The Morgan fingerprint density at radius 2 is 2.27 bits per heavy atom. The zero-order valence-electron chi connectivity index (χ0n) is 12.9. The van der Waals surface area contributed by atoms with E-state index in [-0.39, 0.29) is 6.09 Å². The molecule has 1 atom stereocenters. The zero-order chi connectivity index (χ0) is 16.3. The first-order valence-corrected chi connectivity index (χ1v) is 8.33. The van der Waals surface area contributed by atoms with E-state index in [0.717, 1.165) is 6.42 Å². The molecule has 0 unspecified atom stereocenters. The van der Waals surface area contributed by atoms with Crippen LogP contribution >= 0.6 is 27.5 Å². The second-order valence-electron chi connectivity index (χ2n) is 6.34. The Hall–Kier alpha value is -1.01. The summed E-state index contributed by atoms with van der Waals surface area (Å²) in [5.74, 6) is 0.953. The molecule has 1 fully saturated rings. The van der Waals surface area contributed by atoms with Gasteiger partial charge in [0.15, 0.2) is 0 Å². The van der Waals surface area contributed by atoms with Crippen LogP contribution in [0.3, 0.4) is 0 Å². The number of aromatic nitrogens is 1. The number of ether oxygens (including phenoxy) is 2. The van der Waals surface area contributed by atoms with Crippen molar-refractivity contribution in [2.24, 2.45) is 5.92 Å². The Kier molecular flexibility index (Phi) is 5.55. The SMILES string of the molecule is CC(C)(C)OC(=O)N1CC[C@@H](COc2cnc(Cl)c(Br)c2)C1. The Morgan fingerprint density at radius 1 is 1.55 bits per heavy atom. The van der Waals surface area contributed by atoms with Crippen LogP contribution < -0.4 is 4.74 Å². The summed E-state index contributed by atoms with van der Waals surface area (Å²) in [5, 5.41) is 0.407. The van der Waals surface area contributed by atoms with Gasteiger partial charge in [0.1, 0.15) is 16.5 Å². The third-order valence-electron chi connectivity index (χ3n) is 3.19. The maximum absolute atomic E-state index is 12.0. The first-order valence-electron chi connectivity index (χ1n) is 7.16. The van der Waals surface area contributed by atoms with Crippen LogP contribution in [0.2, 0.25) is 5.15 Å². The van der Waals surface area contributed by atoms with Gasteiger partial charge in [-0.3, -0.25) is 0 Å². The Bertz CT molecular complexity index is 548. The van der Waals surface area contributed by atoms with Crippen LogP contribution in [0.1, 0.15) is 27.2 Å². The Morgan fingerprint density at radius 3 is 2.91 bits per heavy atom. The number of carbonyl (C=O) groups excluding carboxylic acids is 1. The highest BCUT2D eigenvalue weighted by molar-refractivity contribution is 9.10. The summed E-state index contributed by atoms with van der Waals surface area (Å²) in [6, 6.07) is 1.79. The van der Waals surface area contributed by atoms with Crippen molar-refractivity contribution in [1.29, 1.82) is 0 Å². The number of nitrogens with zero attached hydrogens (tertiary/aromatic N) is 2. The van der Waals surface area contributed by atoms with Gasteiger partial charge in [-0.15, -0.1) is 0 Å². The summed E-state index contributed by atoms with van der Waals surface area (Å²) < 4.78 is 11.8. The number of rotatable bonds is 3. The molecule has 2 rings (SSSR count). The molecule has 0 aliphatic carbocycles. The molecule has 0 spiro atoms. The summed E-state index contributed by atoms with van der Waals surface area (Å²) in [6.07, 6.45) is 2.24. The molecule has 0 bridgehead atoms. The summed E-state index contributed by atoms with van der Waals surface area (Å²) in [4.78, 5) is 17.7. The Balaban J connectivity index is 1.81. The van der Waals surface area contributed by atoms with E-state index in [0.29, 0.717) is 41.0 Å². The standard InChI is InChI=1S/C15H20BrClN2O3/c1-15(2,3)22-14(20)19-5-4-10(8-19)9-21-11-6-12(16)13(17)18-7-11/h6-7,10H,4-5,8-9H2,1-3H3/t10-/m1/s1. The van der Waals surface area contributed by atoms with Gasteiger partial charge in [-0.05, 0) is 49.2 Å². The van der Waals surface area contributed by atoms with Crippen LogP contribution in [0.4, 0.5) is 4.79 Å². The summed E-state index contributed by atoms with van der Waals surface area (Å²) >= 11 is 9.16. The second-order valence-corrected chi connectivity index (χ2v) is 7.55. The fourth-order valence-electron chi connectivity index (χ4n) is 2.16. The highest BCUT2D eigenvalue weighted by atomic mass is 79.9. The maximum atomic E-state index is 12.0. The van der Waals surface area contributed by atoms with Gasteiger partial charge in [0, 0.05) is 19.0 Å². The monoisotopic (exact) mass is 390 g/mol. The smallest absolute Gasteiger partial charge is 0.410 e. The summed E-state index contributed by atoms with van der Waals surface area (Å²) in [6.45, 7) is 7.49. The molecule has 1 amide bonds. The second kappa shape index (κ2) is 7.04. The van der Waals surface area contributed by atoms with Gasteiger partial charge in [0.25, 0.3) is 0 Å². The highest BCUT2D eigenvalue weighted by Crippen LogP contribution is 2.25. The van der Waals surface area contributed by atoms with Crippen molar-refractivity contribution in [2.75, 3.05) is 19.7 Å². The van der Waals surface area contributed by atoms with Gasteiger partial charge >= 0.3 is 6.09 Å². The summed E-state index contributed by atoms with van der Waals surface area (Å²) in [7, 11) is 0. The normalized spacial score (nSPS) is 18.4. The van der Waals surface area contributed by atoms with Crippen LogP contribution in [0.25, 0.3) is 0 Å². The molecule has 7 heteroatoms. The molecule has 1 aliphatic heterocycles. The van der Waals surface area contributed by atoms with E-state index in [9.17, 15) is 4.79 Å². The average Bonchev–Trinajstić information content (AvgIpc) is 2.87. The van der Waals surface area contributed by atoms with Gasteiger partial charge in [-0.2, -0.15) is 0 Å². The molecule has 0 radical (unpaired) electrons. The minimum atomic E-state index is -0.465. The highest BCUT2D eigenvalue weighted by Gasteiger charge is 2.30. The zero-order valence-corrected chi connectivity index (χ0v) is 15.3. The van der Waals surface area contributed by atoms with Crippen LogP contribution in [-0.2, 0) is 4.74 Å². The topological polar surface area (TPSA) is 51.7 Å². The lowest BCUT2D eigenvalue weighted by molar-refractivity contribution is 0.0285. The molecule has 5 nitrogen and oxygen atoms in total. The number of pyridine rings is 1. The number of carbonyl (C=O) groups is 1. The predicted molar refractivity (Wildman–Crippen MR) is 88.4 cm³/mol. The largest absolute Gasteiger partial charge is 0.492 e. The number of hydrogen-bond acceptors (Lipinski definition) is 4. The number of amides is 1. The van der Waals surface area contributed by atoms with Crippen molar-refractivity contribution >= 4 is 33.6 Å². The van der Waals surface area contributed by atoms with Crippen molar-refractivity contribution in [1.82, 2.24) is 9.88 Å². The molecule has 1 aromatic rings. The van der Waals surface area contributed by atoms with Crippen molar-refractivity contribution in [3.63, 3.8) is 0 Å². The van der Waals surface area contributed by atoms with E-state index in [1.54, 1.807) is 17.2 Å². The quantitative estimate of drug-likeness (QED) is 0.727. The van der Waals surface area contributed by atoms with E-state index in [1.165, 1.54) is 0 Å². The molecule has 122 valence electrons. The van der Waals surface area contributed by atoms with Gasteiger partial charge in [0.05, 0.1) is 17.3 Å². The molecule has 1 aliphatic rings. The molecule has 0 saturated carbocycles. The fraction of sp³-hybridized carbons (Fsp3) is 0.600. The lowest BCUT2D eigenvalue weighted by Crippen LogP contribution is -2.35. The van der Waals surface area contributed by atoms with Gasteiger partial charge in [-0.1, -0.05) is 11.6 Å². The van der Waals surface area contributed by atoms with E-state index >= 15 is 0 Å². The van der Waals surface area contributed by atoms with Crippen molar-refractivity contribution in [2.45, 2.75) is 32.8 Å². The third-order valence-corrected chi connectivity index (χ3v) is 4.33. The van der Waals surface area contributed by atoms with Crippen molar-refractivity contribution in [3.8, 4) is 5.75 Å². The minimum Gasteiger partial charge on any atom is -0.492 e. The molecule has 22 heavy (non-hydrogen) atoms. The van der Waals surface area contributed by atoms with Crippen LogP contribution in [0.5, 0.6) is 5.75 Å². The number of likely N-dealkylation sites (tertiary alicyclic amines) is 1. The molecular weight excluding hydrogens is 372 g/mol. The van der Waals surface area contributed by atoms with Crippen molar-refractivity contribution < 1.29 is 14.3 Å².